The molecule has 0 aliphatic rings. The molecule has 0 amide bonds. The molecule has 0 bridgehead atoms. The zero-order valence-corrected chi connectivity index (χ0v) is 11.8. The second-order valence-electron chi connectivity index (χ2n) is 5.47. The Hall–Kier alpha value is -0.120. The van der Waals surface area contributed by atoms with Gasteiger partial charge < -0.3 is 14.8 Å². The van der Waals surface area contributed by atoms with Crippen LogP contribution in [0.4, 0.5) is 0 Å². The second-order valence-corrected chi connectivity index (χ2v) is 5.47. The van der Waals surface area contributed by atoms with Crippen LogP contribution in [0.1, 0.15) is 41.0 Å². The van der Waals surface area contributed by atoms with Crippen molar-refractivity contribution >= 4 is 0 Å². The summed E-state index contributed by atoms with van der Waals surface area (Å²) >= 11 is 0. The first-order chi connectivity index (χ1) is 7.41. The van der Waals surface area contributed by atoms with Crippen LogP contribution >= 0.6 is 0 Å². The van der Waals surface area contributed by atoms with Gasteiger partial charge in [-0.25, -0.2) is 0 Å². The summed E-state index contributed by atoms with van der Waals surface area (Å²) < 4.78 is 10.8. The first-order valence-corrected chi connectivity index (χ1v) is 6.25. The Kier molecular flexibility index (Phi) is 7.98. The average molecular weight is 231 g/mol. The molecule has 0 aromatic heterocycles. The smallest absolute Gasteiger partial charge is 0.0781 e. The topological polar surface area (TPSA) is 30.5 Å². The zero-order valence-electron chi connectivity index (χ0n) is 11.8. The molecule has 0 aliphatic carbocycles. The molecular weight excluding hydrogens is 202 g/mol. The van der Waals surface area contributed by atoms with E-state index in [1.165, 1.54) is 0 Å². The van der Waals surface area contributed by atoms with Gasteiger partial charge in [0.1, 0.15) is 0 Å². The van der Waals surface area contributed by atoms with Crippen molar-refractivity contribution in [3.63, 3.8) is 0 Å². The fourth-order valence-corrected chi connectivity index (χ4v) is 1.48. The standard InChI is InChI=1S/C13H29NO2/c1-7-8-14-12(13(3,4)5)10-16-11(2)9-15-6/h11-12,14H,7-10H2,1-6H3. The Labute approximate surface area is 101 Å². The fraction of sp³-hybridized carbons (Fsp3) is 1.00. The minimum atomic E-state index is 0.165. The molecule has 0 aliphatic heterocycles. The molecule has 0 spiro atoms. The van der Waals surface area contributed by atoms with Gasteiger partial charge in [0.2, 0.25) is 0 Å². The molecule has 0 heterocycles. The highest BCUT2D eigenvalue weighted by Gasteiger charge is 2.24. The highest BCUT2D eigenvalue weighted by Crippen LogP contribution is 2.19. The van der Waals surface area contributed by atoms with Crippen LogP contribution < -0.4 is 5.32 Å². The van der Waals surface area contributed by atoms with Crippen LogP contribution in [0, 0.1) is 5.41 Å². The fourth-order valence-electron chi connectivity index (χ4n) is 1.48. The normalized spacial score (nSPS) is 16.1. The van der Waals surface area contributed by atoms with Gasteiger partial charge in [0.15, 0.2) is 0 Å². The van der Waals surface area contributed by atoms with Gasteiger partial charge in [-0.1, -0.05) is 27.7 Å². The van der Waals surface area contributed by atoms with E-state index >= 15 is 0 Å². The molecule has 0 radical (unpaired) electrons. The third-order valence-corrected chi connectivity index (χ3v) is 2.63. The van der Waals surface area contributed by atoms with E-state index < -0.39 is 0 Å². The molecule has 98 valence electrons. The number of rotatable bonds is 8. The summed E-state index contributed by atoms with van der Waals surface area (Å²) in [6.07, 6.45) is 1.32. The summed E-state index contributed by atoms with van der Waals surface area (Å²) in [6.45, 7) is 13.4. The molecule has 0 rings (SSSR count). The maximum Gasteiger partial charge on any atom is 0.0781 e. The van der Waals surface area contributed by atoms with E-state index in [-0.39, 0.29) is 11.5 Å². The van der Waals surface area contributed by atoms with Crippen molar-refractivity contribution in [3.05, 3.63) is 0 Å². The molecule has 0 saturated carbocycles. The Balaban J connectivity index is 4.01. The second kappa shape index (κ2) is 8.04. The number of ether oxygens (including phenoxy) is 2. The molecule has 0 saturated heterocycles. The first kappa shape index (κ1) is 15.9. The van der Waals surface area contributed by atoms with E-state index in [4.69, 9.17) is 9.47 Å². The summed E-state index contributed by atoms with van der Waals surface area (Å²) in [5.41, 5.74) is 0.224. The van der Waals surface area contributed by atoms with Crippen LogP contribution in [0.5, 0.6) is 0 Å². The Morgan fingerprint density at radius 1 is 1.19 bits per heavy atom. The van der Waals surface area contributed by atoms with E-state index in [9.17, 15) is 0 Å². The molecule has 0 fully saturated rings. The van der Waals surface area contributed by atoms with Gasteiger partial charge >= 0.3 is 0 Å². The maximum atomic E-state index is 5.78. The lowest BCUT2D eigenvalue weighted by Gasteiger charge is -2.32. The molecule has 1 N–H and O–H groups in total. The zero-order chi connectivity index (χ0) is 12.6. The number of hydrogen-bond acceptors (Lipinski definition) is 3. The monoisotopic (exact) mass is 231 g/mol. The van der Waals surface area contributed by atoms with E-state index in [1.807, 2.05) is 6.92 Å². The van der Waals surface area contributed by atoms with Gasteiger partial charge in [-0.3, -0.25) is 0 Å². The third kappa shape index (κ3) is 7.20. The number of methoxy groups -OCH3 is 1. The highest BCUT2D eigenvalue weighted by atomic mass is 16.5. The summed E-state index contributed by atoms with van der Waals surface area (Å²) in [7, 11) is 1.70. The van der Waals surface area contributed by atoms with E-state index in [0.717, 1.165) is 19.6 Å². The van der Waals surface area contributed by atoms with Gasteiger partial charge in [0.25, 0.3) is 0 Å². The van der Waals surface area contributed by atoms with Crippen molar-refractivity contribution in [2.24, 2.45) is 5.41 Å². The third-order valence-electron chi connectivity index (χ3n) is 2.63. The van der Waals surface area contributed by atoms with Gasteiger partial charge in [-0.2, -0.15) is 0 Å². The van der Waals surface area contributed by atoms with Gasteiger partial charge in [-0.05, 0) is 25.3 Å². The van der Waals surface area contributed by atoms with Gasteiger partial charge in [0.05, 0.1) is 19.3 Å². The molecular formula is C13H29NO2. The molecule has 2 unspecified atom stereocenters. The largest absolute Gasteiger partial charge is 0.382 e. The average Bonchev–Trinajstić information content (AvgIpc) is 2.16. The van der Waals surface area contributed by atoms with Crippen molar-refractivity contribution in [2.75, 3.05) is 26.9 Å². The van der Waals surface area contributed by atoms with Crippen LogP contribution in [0.15, 0.2) is 0 Å². The lowest BCUT2D eigenvalue weighted by molar-refractivity contribution is -0.0135. The van der Waals surface area contributed by atoms with Crippen molar-refractivity contribution < 1.29 is 9.47 Å². The predicted octanol–water partition coefficient (Wildman–Crippen LogP) is 2.45. The van der Waals surface area contributed by atoms with Crippen LogP contribution in [0.2, 0.25) is 0 Å². The molecule has 16 heavy (non-hydrogen) atoms. The molecule has 0 aromatic carbocycles. The van der Waals surface area contributed by atoms with Crippen molar-refractivity contribution in [1.29, 1.82) is 0 Å². The Morgan fingerprint density at radius 3 is 2.25 bits per heavy atom. The van der Waals surface area contributed by atoms with Crippen LogP contribution in [0.25, 0.3) is 0 Å². The summed E-state index contributed by atoms with van der Waals surface area (Å²) in [4.78, 5) is 0. The van der Waals surface area contributed by atoms with Crippen molar-refractivity contribution in [1.82, 2.24) is 5.32 Å². The molecule has 2 atom stereocenters. The lowest BCUT2D eigenvalue weighted by Crippen LogP contribution is -2.45. The van der Waals surface area contributed by atoms with Crippen molar-refractivity contribution in [3.8, 4) is 0 Å². The van der Waals surface area contributed by atoms with Crippen LogP contribution in [-0.4, -0.2) is 39.0 Å². The van der Waals surface area contributed by atoms with E-state index in [1.54, 1.807) is 7.11 Å². The molecule has 3 nitrogen and oxygen atoms in total. The van der Waals surface area contributed by atoms with E-state index in [0.29, 0.717) is 12.6 Å². The molecule has 3 heteroatoms. The molecule has 0 aromatic rings. The minimum Gasteiger partial charge on any atom is -0.382 e. The number of nitrogens with one attached hydrogen (secondary N) is 1. The van der Waals surface area contributed by atoms with Gasteiger partial charge in [0, 0.05) is 13.2 Å². The highest BCUT2D eigenvalue weighted by molar-refractivity contribution is 4.80. The van der Waals surface area contributed by atoms with E-state index in [2.05, 4.69) is 33.0 Å². The Bertz CT molecular complexity index is 166. The first-order valence-electron chi connectivity index (χ1n) is 6.25. The van der Waals surface area contributed by atoms with Crippen LogP contribution in [0.3, 0.4) is 0 Å². The Morgan fingerprint density at radius 2 is 1.81 bits per heavy atom. The predicted molar refractivity (Wildman–Crippen MR) is 68.8 cm³/mol. The summed E-state index contributed by atoms with van der Waals surface area (Å²) in [6, 6.07) is 0.395. The minimum absolute atomic E-state index is 0.165. The number of hydrogen-bond donors (Lipinski definition) is 1. The summed E-state index contributed by atoms with van der Waals surface area (Å²) in [5.74, 6) is 0. The SMILES string of the molecule is CCCNC(COC(C)COC)C(C)(C)C. The van der Waals surface area contributed by atoms with Crippen LogP contribution in [-0.2, 0) is 9.47 Å². The quantitative estimate of drug-likeness (QED) is 0.696. The summed E-state index contributed by atoms with van der Waals surface area (Å²) in [5, 5.41) is 3.54. The van der Waals surface area contributed by atoms with Gasteiger partial charge in [-0.15, -0.1) is 0 Å². The van der Waals surface area contributed by atoms with Crippen molar-refractivity contribution in [2.45, 2.75) is 53.2 Å². The maximum absolute atomic E-state index is 5.78. The lowest BCUT2D eigenvalue weighted by atomic mass is 9.87.